The van der Waals surface area contributed by atoms with Crippen molar-refractivity contribution in [1.82, 2.24) is 15.5 Å². The van der Waals surface area contributed by atoms with E-state index in [9.17, 15) is 9.59 Å². The second-order valence-corrected chi connectivity index (χ2v) is 12.1. The first-order chi connectivity index (χ1) is 20.3. The molecule has 3 heterocycles. The molecule has 3 fully saturated rings. The summed E-state index contributed by atoms with van der Waals surface area (Å²) in [5, 5.41) is 6.83. The Morgan fingerprint density at radius 3 is 2.17 bits per heavy atom. The molecule has 0 spiro atoms. The lowest BCUT2D eigenvalue weighted by atomic mass is 9.66. The molecule has 7 nitrogen and oxygen atoms in total. The number of hydrogen-bond donors (Lipinski definition) is 3. The van der Waals surface area contributed by atoms with Crippen LogP contribution in [-0.2, 0) is 16.1 Å². The molecule has 4 N–H and O–H groups in total. The fourth-order valence-electron chi connectivity index (χ4n) is 6.97. The zero-order chi connectivity index (χ0) is 29.8. The van der Waals surface area contributed by atoms with E-state index in [0.717, 1.165) is 24.3 Å². The number of carbonyl (C=O) groups excluding carboxylic acids is 2. The molecule has 3 aliphatic rings. The third-order valence-electron chi connectivity index (χ3n) is 9.23. The molecule has 0 saturated carbocycles. The van der Waals surface area contributed by atoms with Crippen LogP contribution in [0.2, 0.25) is 0 Å². The minimum Gasteiger partial charge on any atom is -0.496 e. The van der Waals surface area contributed by atoms with Crippen LogP contribution in [0.25, 0.3) is 0 Å². The van der Waals surface area contributed by atoms with Gasteiger partial charge in [0.05, 0.1) is 13.0 Å². The number of carbonyl (C=O) groups is 2. The van der Waals surface area contributed by atoms with E-state index in [0.29, 0.717) is 19.0 Å². The Labute approximate surface area is 249 Å². The Bertz CT molecular complexity index is 1320. The molecule has 3 aromatic carbocycles. The quantitative estimate of drug-likeness (QED) is 0.318. The number of primary amides is 1. The number of amides is 2. The van der Waals surface area contributed by atoms with Gasteiger partial charge in [-0.05, 0) is 54.5 Å². The van der Waals surface area contributed by atoms with Crippen molar-refractivity contribution in [3.8, 4) is 5.75 Å². The Balaban J connectivity index is 1.53. The maximum Gasteiger partial charge on any atom is 0.239 e. The van der Waals surface area contributed by atoms with Crippen molar-refractivity contribution in [3.05, 3.63) is 101 Å². The average Bonchev–Trinajstić information content (AvgIpc) is 3.01. The number of benzene rings is 3. The molecule has 0 radical (unpaired) electrons. The smallest absolute Gasteiger partial charge is 0.239 e. The molecule has 7 heteroatoms. The minimum atomic E-state index is -0.709. The molecule has 3 aliphatic heterocycles. The molecule has 2 bridgehead atoms. The van der Waals surface area contributed by atoms with Gasteiger partial charge in [-0.3, -0.25) is 14.5 Å². The van der Waals surface area contributed by atoms with Gasteiger partial charge in [0.15, 0.2) is 0 Å². The van der Waals surface area contributed by atoms with Gasteiger partial charge in [-0.25, -0.2) is 0 Å². The van der Waals surface area contributed by atoms with Gasteiger partial charge in [0.2, 0.25) is 11.8 Å². The van der Waals surface area contributed by atoms with E-state index in [1.165, 1.54) is 16.7 Å². The number of ether oxygens (including phenoxy) is 1. The van der Waals surface area contributed by atoms with Crippen molar-refractivity contribution in [2.75, 3.05) is 20.2 Å². The second kappa shape index (κ2) is 13.1. The van der Waals surface area contributed by atoms with Crippen LogP contribution in [0.4, 0.5) is 0 Å². The standard InChI is InChI=1S/C35H44N4O3/c1-22(2)26-15-16-30(42-4)27(19-26)20-37-32-28-17-18-39(21-29(28)35(41)38-23(3)34(36)40)33(32)31(24-11-7-5-8-12-24)25-13-9-6-10-14-25/h5-16,19,22-23,28-29,31-33,37H,17-18,20-21H2,1-4H3,(H2,36,40)(H,38,41)/t23?,28-,29+,32+,33+/m1/s1. The van der Waals surface area contributed by atoms with Gasteiger partial charge in [0, 0.05) is 36.7 Å². The molecular formula is C35H44N4O3. The van der Waals surface area contributed by atoms with Crippen molar-refractivity contribution >= 4 is 11.8 Å². The van der Waals surface area contributed by atoms with Crippen LogP contribution < -0.4 is 21.1 Å². The first kappa shape index (κ1) is 29.8. The van der Waals surface area contributed by atoms with Gasteiger partial charge in [-0.1, -0.05) is 86.6 Å². The Morgan fingerprint density at radius 2 is 1.60 bits per heavy atom. The fraction of sp³-hybridized carbons (Fsp3) is 0.429. The minimum absolute atomic E-state index is 0.0185. The highest BCUT2D eigenvalue weighted by Gasteiger charge is 2.52. The summed E-state index contributed by atoms with van der Waals surface area (Å²) in [5.74, 6) is 0.598. The first-order valence-corrected chi connectivity index (χ1v) is 15.1. The molecule has 3 saturated heterocycles. The average molecular weight is 569 g/mol. The number of piperidine rings is 3. The van der Waals surface area contributed by atoms with Crippen LogP contribution in [0.5, 0.6) is 5.75 Å². The Morgan fingerprint density at radius 1 is 0.952 bits per heavy atom. The Kier molecular flexibility index (Phi) is 9.29. The number of methoxy groups -OCH3 is 1. The lowest BCUT2D eigenvalue weighted by molar-refractivity contribution is -0.138. The number of nitrogens with one attached hydrogen (secondary N) is 2. The fourth-order valence-corrected chi connectivity index (χ4v) is 6.97. The zero-order valence-corrected chi connectivity index (χ0v) is 25.1. The second-order valence-electron chi connectivity index (χ2n) is 12.1. The third-order valence-corrected chi connectivity index (χ3v) is 9.23. The number of fused-ring (bicyclic) bond motifs is 3. The molecule has 6 atom stereocenters. The lowest BCUT2D eigenvalue weighted by Gasteiger charge is -2.56. The largest absolute Gasteiger partial charge is 0.496 e. The summed E-state index contributed by atoms with van der Waals surface area (Å²) in [6.07, 6.45) is 0.899. The van der Waals surface area contributed by atoms with E-state index in [1.54, 1.807) is 14.0 Å². The molecule has 42 heavy (non-hydrogen) atoms. The van der Waals surface area contributed by atoms with Crippen LogP contribution >= 0.6 is 0 Å². The van der Waals surface area contributed by atoms with E-state index in [-0.39, 0.29) is 35.7 Å². The van der Waals surface area contributed by atoms with Crippen LogP contribution in [0.1, 0.15) is 61.3 Å². The molecule has 2 amide bonds. The SMILES string of the molecule is COc1ccc(C(C)C)cc1CN[C@H]1[C@@H]2CCN(C[C@@H]2C(=O)NC(C)C(N)=O)[C@H]1C(c1ccccc1)c1ccccc1. The monoisotopic (exact) mass is 568 g/mol. The van der Waals surface area contributed by atoms with Crippen molar-refractivity contribution < 1.29 is 14.3 Å². The molecule has 6 rings (SSSR count). The molecule has 3 aromatic rings. The summed E-state index contributed by atoms with van der Waals surface area (Å²) in [4.78, 5) is 27.8. The highest BCUT2D eigenvalue weighted by atomic mass is 16.5. The summed E-state index contributed by atoms with van der Waals surface area (Å²) in [6, 6.07) is 27.3. The highest BCUT2D eigenvalue weighted by Crippen LogP contribution is 2.44. The maximum atomic E-state index is 13.6. The van der Waals surface area contributed by atoms with E-state index >= 15 is 0 Å². The van der Waals surface area contributed by atoms with Crippen LogP contribution in [0.3, 0.4) is 0 Å². The number of nitrogens with zero attached hydrogens (tertiary/aromatic N) is 1. The van der Waals surface area contributed by atoms with Gasteiger partial charge in [0.1, 0.15) is 11.8 Å². The normalized spacial score (nSPS) is 24.0. The molecule has 222 valence electrons. The summed E-state index contributed by atoms with van der Waals surface area (Å²) in [5.41, 5.74) is 10.4. The van der Waals surface area contributed by atoms with E-state index in [4.69, 9.17) is 10.5 Å². The highest BCUT2D eigenvalue weighted by molar-refractivity contribution is 5.87. The summed E-state index contributed by atoms with van der Waals surface area (Å²) in [7, 11) is 1.71. The van der Waals surface area contributed by atoms with Crippen molar-refractivity contribution in [2.24, 2.45) is 17.6 Å². The van der Waals surface area contributed by atoms with Crippen molar-refractivity contribution in [3.63, 3.8) is 0 Å². The molecular weight excluding hydrogens is 524 g/mol. The zero-order valence-electron chi connectivity index (χ0n) is 25.1. The number of rotatable bonds is 11. The Hall–Kier alpha value is -3.68. The summed E-state index contributed by atoms with van der Waals surface area (Å²) in [6.45, 7) is 8.23. The van der Waals surface area contributed by atoms with E-state index in [2.05, 4.69) is 108 Å². The maximum absolute atomic E-state index is 13.6. The van der Waals surface area contributed by atoms with Gasteiger partial charge < -0.3 is 21.1 Å². The van der Waals surface area contributed by atoms with Crippen LogP contribution in [-0.4, -0.2) is 55.0 Å². The molecule has 0 aromatic heterocycles. The van der Waals surface area contributed by atoms with Gasteiger partial charge in [0.25, 0.3) is 0 Å². The van der Waals surface area contributed by atoms with Crippen molar-refractivity contribution in [2.45, 2.75) is 63.7 Å². The van der Waals surface area contributed by atoms with Crippen LogP contribution in [0.15, 0.2) is 78.9 Å². The van der Waals surface area contributed by atoms with Gasteiger partial charge in [-0.15, -0.1) is 0 Å². The number of hydrogen-bond acceptors (Lipinski definition) is 5. The predicted molar refractivity (Wildman–Crippen MR) is 166 cm³/mol. The summed E-state index contributed by atoms with van der Waals surface area (Å²) < 4.78 is 5.76. The third kappa shape index (κ3) is 6.22. The number of nitrogens with two attached hydrogens (primary N) is 1. The van der Waals surface area contributed by atoms with Crippen molar-refractivity contribution in [1.29, 1.82) is 0 Å². The van der Waals surface area contributed by atoms with E-state index in [1.807, 2.05) is 0 Å². The van der Waals surface area contributed by atoms with Gasteiger partial charge in [-0.2, -0.15) is 0 Å². The predicted octanol–water partition coefficient (Wildman–Crippen LogP) is 4.42. The van der Waals surface area contributed by atoms with Crippen LogP contribution in [0, 0.1) is 11.8 Å². The lowest BCUT2D eigenvalue weighted by Crippen LogP contribution is -2.69. The topological polar surface area (TPSA) is 96.7 Å². The molecule has 2 unspecified atom stereocenters. The van der Waals surface area contributed by atoms with Gasteiger partial charge >= 0.3 is 0 Å². The van der Waals surface area contributed by atoms with E-state index < -0.39 is 11.9 Å². The first-order valence-electron chi connectivity index (χ1n) is 15.1. The summed E-state index contributed by atoms with van der Waals surface area (Å²) >= 11 is 0. The molecule has 0 aliphatic carbocycles.